The molecule has 0 aliphatic carbocycles. The largest absolute Gasteiger partial charge is 0.435 e. The van der Waals surface area contributed by atoms with Gasteiger partial charge in [0.15, 0.2) is 0 Å². The molecule has 1 atom stereocenters. The lowest BCUT2D eigenvalue weighted by atomic mass is 9.86. The Hall–Kier alpha value is -2.83. The molecule has 0 fully saturated rings. The van der Waals surface area contributed by atoms with E-state index in [0.717, 1.165) is 0 Å². The molecule has 3 rings (SSSR count). The fourth-order valence-corrected chi connectivity index (χ4v) is 2.59. The molecule has 4 nitrogen and oxygen atoms in total. The third-order valence-electron chi connectivity index (χ3n) is 3.93. The van der Waals surface area contributed by atoms with Crippen LogP contribution in [0.25, 0.3) is 0 Å². The van der Waals surface area contributed by atoms with Crippen LogP contribution in [-0.2, 0) is 10.4 Å². The number of primary amides is 1. The molecule has 2 aromatic rings. The van der Waals surface area contributed by atoms with Gasteiger partial charge in [-0.3, -0.25) is 4.79 Å². The van der Waals surface area contributed by atoms with Crippen LogP contribution >= 0.6 is 0 Å². The summed E-state index contributed by atoms with van der Waals surface area (Å²) in [6.45, 7) is 0. The van der Waals surface area contributed by atoms with Gasteiger partial charge in [0.25, 0.3) is 5.60 Å². The minimum Gasteiger partial charge on any atom is -0.374 e. The number of amides is 1. The van der Waals surface area contributed by atoms with E-state index in [1.54, 1.807) is 6.07 Å². The summed E-state index contributed by atoms with van der Waals surface area (Å²) in [5, 5.41) is 3.66. The molecule has 0 aromatic heterocycles. The summed E-state index contributed by atoms with van der Waals surface area (Å²) in [6.07, 6.45) is -5.08. The van der Waals surface area contributed by atoms with Crippen molar-refractivity contribution < 1.29 is 22.8 Å². The maximum absolute atomic E-state index is 13.7. The van der Waals surface area contributed by atoms with E-state index in [-0.39, 0.29) is 16.8 Å². The van der Waals surface area contributed by atoms with Crippen LogP contribution in [0.15, 0.2) is 59.8 Å². The lowest BCUT2D eigenvalue weighted by Gasteiger charge is -2.29. The van der Waals surface area contributed by atoms with E-state index >= 15 is 0 Å². The van der Waals surface area contributed by atoms with Crippen molar-refractivity contribution in [3.05, 3.63) is 71.3 Å². The number of nitrogens with two attached hydrogens (primary N) is 1. The minimum absolute atomic E-state index is 0.00925. The predicted molar refractivity (Wildman–Crippen MR) is 81.4 cm³/mol. The molecule has 0 radical (unpaired) electrons. The maximum Gasteiger partial charge on any atom is 0.435 e. The van der Waals surface area contributed by atoms with Crippen LogP contribution in [0.1, 0.15) is 27.9 Å². The summed E-state index contributed by atoms with van der Waals surface area (Å²) in [5.74, 6) is -0.611. The van der Waals surface area contributed by atoms with Gasteiger partial charge < -0.3 is 10.6 Å². The summed E-state index contributed by atoms with van der Waals surface area (Å²) in [7, 11) is 0. The first-order chi connectivity index (χ1) is 11.3. The van der Waals surface area contributed by atoms with Crippen LogP contribution in [0.5, 0.6) is 0 Å². The van der Waals surface area contributed by atoms with Crippen molar-refractivity contribution in [2.24, 2.45) is 10.9 Å². The van der Waals surface area contributed by atoms with Crippen molar-refractivity contribution >= 4 is 11.6 Å². The highest BCUT2D eigenvalue weighted by Gasteiger charge is 2.62. The smallest absolute Gasteiger partial charge is 0.374 e. The first kappa shape index (κ1) is 16.0. The average molecular weight is 334 g/mol. The molecule has 7 heteroatoms. The Bertz CT molecular complexity index is 786. The molecule has 2 N–H and O–H groups in total. The van der Waals surface area contributed by atoms with Gasteiger partial charge in [-0.2, -0.15) is 13.2 Å². The molecule has 0 saturated heterocycles. The number of rotatable bonds is 3. The highest BCUT2D eigenvalue weighted by molar-refractivity contribution is 6.02. The Morgan fingerprint density at radius 2 is 1.71 bits per heavy atom. The van der Waals surface area contributed by atoms with Crippen molar-refractivity contribution in [3.8, 4) is 0 Å². The van der Waals surface area contributed by atoms with E-state index in [2.05, 4.69) is 5.16 Å². The monoisotopic (exact) mass is 334 g/mol. The van der Waals surface area contributed by atoms with Gasteiger partial charge in [0.2, 0.25) is 5.91 Å². The second-order valence-electron chi connectivity index (χ2n) is 5.44. The molecular weight excluding hydrogens is 321 g/mol. The van der Waals surface area contributed by atoms with Crippen molar-refractivity contribution in [2.45, 2.75) is 18.2 Å². The topological polar surface area (TPSA) is 64.7 Å². The fourth-order valence-electron chi connectivity index (χ4n) is 2.59. The second-order valence-corrected chi connectivity index (χ2v) is 5.44. The molecule has 0 bridgehead atoms. The standard InChI is InChI=1S/C17H13F3N2O2/c18-17(19,20)16(13-4-2-1-3-5-13)10-14(22-24-16)11-6-8-12(9-7-11)15(21)23/h1-9H,10H2,(H2,21,23). The molecule has 1 heterocycles. The van der Waals surface area contributed by atoms with E-state index in [4.69, 9.17) is 10.6 Å². The SMILES string of the molecule is NC(=O)c1ccc(C2=NOC(c3ccccc3)(C(F)(F)F)C2)cc1. The Morgan fingerprint density at radius 1 is 1.08 bits per heavy atom. The van der Waals surface area contributed by atoms with Gasteiger partial charge in [-0.05, 0) is 17.7 Å². The highest BCUT2D eigenvalue weighted by Crippen LogP contribution is 2.48. The van der Waals surface area contributed by atoms with Crippen LogP contribution in [0, 0.1) is 0 Å². The van der Waals surface area contributed by atoms with Gasteiger partial charge in [0.05, 0.1) is 5.71 Å². The Kier molecular flexibility index (Phi) is 3.79. The second kappa shape index (κ2) is 5.67. The maximum atomic E-state index is 13.7. The first-order valence-corrected chi connectivity index (χ1v) is 7.11. The fraction of sp³-hybridized carbons (Fsp3) is 0.176. The van der Waals surface area contributed by atoms with Gasteiger partial charge in [-0.1, -0.05) is 47.6 Å². The molecular formula is C17H13F3N2O2. The van der Waals surface area contributed by atoms with Crippen molar-refractivity contribution in [1.29, 1.82) is 0 Å². The number of alkyl halides is 3. The third kappa shape index (κ3) is 2.62. The van der Waals surface area contributed by atoms with E-state index in [1.165, 1.54) is 48.5 Å². The van der Waals surface area contributed by atoms with Crippen molar-refractivity contribution in [3.63, 3.8) is 0 Å². The lowest BCUT2D eigenvalue weighted by molar-refractivity contribution is -0.275. The number of oxime groups is 1. The third-order valence-corrected chi connectivity index (χ3v) is 3.93. The van der Waals surface area contributed by atoms with E-state index < -0.39 is 24.1 Å². The van der Waals surface area contributed by atoms with Crippen LogP contribution in [0.4, 0.5) is 13.2 Å². The Morgan fingerprint density at radius 3 is 2.25 bits per heavy atom. The number of hydrogen-bond acceptors (Lipinski definition) is 3. The van der Waals surface area contributed by atoms with Crippen molar-refractivity contribution in [1.82, 2.24) is 0 Å². The van der Waals surface area contributed by atoms with Gasteiger partial charge in [-0.25, -0.2) is 0 Å². The van der Waals surface area contributed by atoms with Crippen LogP contribution in [-0.4, -0.2) is 17.8 Å². The van der Waals surface area contributed by atoms with Crippen LogP contribution < -0.4 is 5.73 Å². The number of nitrogens with zero attached hydrogens (tertiary/aromatic N) is 1. The summed E-state index contributed by atoms with van der Waals surface area (Å²) in [5.41, 5.74) is 3.51. The predicted octanol–water partition coefficient (Wildman–Crippen LogP) is 3.37. The molecule has 1 aliphatic heterocycles. The Balaban J connectivity index is 1.94. The molecule has 24 heavy (non-hydrogen) atoms. The number of carbonyl (C=O) groups excluding carboxylic acids is 1. The zero-order valence-electron chi connectivity index (χ0n) is 12.4. The average Bonchev–Trinajstić information content (AvgIpc) is 3.02. The molecule has 1 amide bonds. The Labute approximate surface area is 135 Å². The zero-order chi connectivity index (χ0) is 17.4. The lowest BCUT2D eigenvalue weighted by Crippen LogP contribution is -2.42. The summed E-state index contributed by atoms with van der Waals surface area (Å²) < 4.78 is 41.1. The highest BCUT2D eigenvalue weighted by atomic mass is 19.4. The minimum atomic E-state index is -4.63. The number of carbonyl (C=O) groups is 1. The summed E-state index contributed by atoms with van der Waals surface area (Å²) in [6, 6.07) is 13.3. The van der Waals surface area contributed by atoms with E-state index in [1.807, 2.05) is 0 Å². The molecule has 2 aromatic carbocycles. The number of benzene rings is 2. The summed E-state index contributed by atoms with van der Waals surface area (Å²) >= 11 is 0. The normalized spacial score (nSPS) is 20.4. The molecule has 124 valence electrons. The van der Waals surface area contributed by atoms with Gasteiger partial charge in [-0.15, -0.1) is 0 Å². The van der Waals surface area contributed by atoms with E-state index in [9.17, 15) is 18.0 Å². The molecule has 0 saturated carbocycles. The number of halogens is 3. The van der Waals surface area contributed by atoms with Gasteiger partial charge >= 0.3 is 6.18 Å². The van der Waals surface area contributed by atoms with Crippen LogP contribution in [0.2, 0.25) is 0 Å². The molecule has 0 spiro atoms. The van der Waals surface area contributed by atoms with Crippen LogP contribution in [0.3, 0.4) is 0 Å². The quantitative estimate of drug-likeness (QED) is 0.935. The summed E-state index contributed by atoms with van der Waals surface area (Å²) in [4.78, 5) is 16.0. The van der Waals surface area contributed by atoms with Crippen molar-refractivity contribution in [2.75, 3.05) is 0 Å². The molecule has 1 unspecified atom stereocenters. The molecule has 1 aliphatic rings. The number of hydrogen-bond donors (Lipinski definition) is 1. The van der Waals surface area contributed by atoms with Gasteiger partial charge in [0, 0.05) is 17.5 Å². The van der Waals surface area contributed by atoms with Gasteiger partial charge in [0.1, 0.15) is 0 Å². The van der Waals surface area contributed by atoms with E-state index in [0.29, 0.717) is 5.56 Å². The zero-order valence-corrected chi connectivity index (χ0v) is 12.4. The first-order valence-electron chi connectivity index (χ1n) is 7.11.